The molecule has 162 valence electrons. The topological polar surface area (TPSA) is 68.3 Å². The lowest BCUT2D eigenvalue weighted by molar-refractivity contribution is -0.129. The molecule has 0 saturated heterocycles. The molecule has 0 radical (unpaired) electrons. The first-order valence-corrected chi connectivity index (χ1v) is 11.2. The molecule has 1 atom stereocenters. The van der Waals surface area contributed by atoms with Crippen LogP contribution in [0.1, 0.15) is 58.9 Å². The van der Waals surface area contributed by atoms with E-state index in [1.165, 1.54) is 5.56 Å². The normalized spacial score (nSPS) is 17.2. The van der Waals surface area contributed by atoms with Crippen LogP contribution in [0.4, 0.5) is 0 Å². The Morgan fingerprint density at radius 3 is 2.59 bits per heavy atom. The fourth-order valence-electron chi connectivity index (χ4n) is 4.20. The predicted molar refractivity (Wildman–Crippen MR) is 125 cm³/mol. The van der Waals surface area contributed by atoms with E-state index in [-0.39, 0.29) is 11.9 Å². The lowest BCUT2D eigenvalue weighted by Crippen LogP contribution is -2.37. The first-order chi connectivity index (χ1) is 15.5. The SMILES string of the molecule is Cc1ccc(/C=C2\CCc3c2nc2ccccc2c3C(=O)OC(C)C(=O)NC2CC2)cc1. The standard InChI is InChI=1S/C27H26N2O3/c1-16-7-9-18(10-8-16)15-19-11-14-22-24(21-5-3-4-6-23(21)29-25(19)22)27(31)32-17(2)26(30)28-20-12-13-20/h3-10,15,17,20H,11-14H2,1-2H3,(H,28,30)/b19-15+. The van der Waals surface area contributed by atoms with E-state index in [4.69, 9.17) is 9.72 Å². The van der Waals surface area contributed by atoms with Crippen LogP contribution in [0, 0.1) is 6.92 Å². The van der Waals surface area contributed by atoms with Crippen LogP contribution < -0.4 is 5.32 Å². The zero-order valence-electron chi connectivity index (χ0n) is 18.4. The number of pyridine rings is 1. The number of amides is 1. The maximum Gasteiger partial charge on any atom is 0.339 e. The van der Waals surface area contributed by atoms with Crippen LogP contribution in [-0.2, 0) is 16.0 Å². The number of fused-ring (bicyclic) bond motifs is 2. The fourth-order valence-corrected chi connectivity index (χ4v) is 4.20. The van der Waals surface area contributed by atoms with Crippen LogP contribution in [-0.4, -0.2) is 29.0 Å². The third-order valence-corrected chi connectivity index (χ3v) is 6.14. The average Bonchev–Trinajstić information content (AvgIpc) is 3.52. The van der Waals surface area contributed by atoms with Gasteiger partial charge in [-0.25, -0.2) is 9.78 Å². The number of hydrogen-bond acceptors (Lipinski definition) is 4. The number of allylic oxidation sites excluding steroid dienone is 1. The van der Waals surface area contributed by atoms with Gasteiger partial charge in [-0.05, 0) is 68.4 Å². The molecule has 5 heteroatoms. The van der Waals surface area contributed by atoms with Gasteiger partial charge in [0.1, 0.15) is 0 Å². The molecule has 0 bridgehead atoms. The van der Waals surface area contributed by atoms with Crippen molar-refractivity contribution in [3.05, 3.63) is 76.5 Å². The van der Waals surface area contributed by atoms with Crippen LogP contribution in [0.2, 0.25) is 0 Å². The number of carbonyl (C=O) groups excluding carboxylic acids is 2. The molecular weight excluding hydrogens is 400 g/mol. The highest BCUT2D eigenvalue weighted by molar-refractivity contribution is 6.07. The number of rotatable bonds is 5. The Kier molecular flexibility index (Phi) is 5.25. The Bertz CT molecular complexity index is 1240. The van der Waals surface area contributed by atoms with Gasteiger partial charge in [0.15, 0.2) is 6.10 Å². The van der Waals surface area contributed by atoms with E-state index in [9.17, 15) is 9.59 Å². The van der Waals surface area contributed by atoms with Crippen molar-refractivity contribution in [1.29, 1.82) is 0 Å². The number of hydrogen-bond donors (Lipinski definition) is 1. The number of aromatic nitrogens is 1. The summed E-state index contributed by atoms with van der Waals surface area (Å²) < 4.78 is 5.63. The van der Waals surface area contributed by atoms with Crippen LogP contribution in [0.5, 0.6) is 0 Å². The van der Waals surface area contributed by atoms with Crippen molar-refractivity contribution >= 4 is 34.4 Å². The molecule has 5 rings (SSSR count). The smallest absolute Gasteiger partial charge is 0.339 e. The van der Waals surface area contributed by atoms with Crippen molar-refractivity contribution in [3.8, 4) is 0 Å². The molecule has 1 saturated carbocycles. The molecule has 1 fully saturated rings. The zero-order chi connectivity index (χ0) is 22.2. The Hall–Kier alpha value is -3.47. The Balaban J connectivity index is 1.52. The van der Waals surface area contributed by atoms with E-state index in [1.54, 1.807) is 6.92 Å². The van der Waals surface area contributed by atoms with Crippen LogP contribution in [0.3, 0.4) is 0 Å². The third-order valence-electron chi connectivity index (χ3n) is 6.14. The highest BCUT2D eigenvalue weighted by Gasteiger charge is 2.31. The molecule has 1 unspecified atom stereocenters. The van der Waals surface area contributed by atoms with Crippen molar-refractivity contribution in [2.45, 2.75) is 51.7 Å². The second-order valence-electron chi connectivity index (χ2n) is 8.74. The molecule has 1 amide bonds. The monoisotopic (exact) mass is 426 g/mol. The van der Waals surface area contributed by atoms with Gasteiger partial charge in [0, 0.05) is 11.4 Å². The Labute approximate surface area is 187 Å². The summed E-state index contributed by atoms with van der Waals surface area (Å²) in [5.74, 6) is -0.703. The maximum atomic E-state index is 13.3. The molecule has 1 aromatic heterocycles. The van der Waals surface area contributed by atoms with Crippen LogP contribution in [0.15, 0.2) is 48.5 Å². The molecule has 3 aromatic rings. The zero-order valence-corrected chi connectivity index (χ0v) is 18.4. The molecular formula is C27H26N2O3. The summed E-state index contributed by atoms with van der Waals surface area (Å²) in [5, 5.41) is 3.67. The van der Waals surface area contributed by atoms with E-state index >= 15 is 0 Å². The van der Waals surface area contributed by atoms with Crippen LogP contribution in [0.25, 0.3) is 22.6 Å². The molecule has 2 aromatic carbocycles. The lowest BCUT2D eigenvalue weighted by atomic mass is 10.0. The summed E-state index contributed by atoms with van der Waals surface area (Å²) in [5.41, 5.74) is 6.49. The van der Waals surface area contributed by atoms with Gasteiger partial charge in [-0.15, -0.1) is 0 Å². The molecule has 2 aliphatic carbocycles. The molecule has 5 nitrogen and oxygen atoms in total. The predicted octanol–water partition coefficient (Wildman–Crippen LogP) is 4.85. The van der Waals surface area contributed by atoms with Gasteiger partial charge in [-0.1, -0.05) is 48.0 Å². The minimum Gasteiger partial charge on any atom is -0.449 e. The molecule has 32 heavy (non-hydrogen) atoms. The Morgan fingerprint density at radius 1 is 1.09 bits per heavy atom. The van der Waals surface area contributed by atoms with Crippen LogP contribution >= 0.6 is 0 Å². The van der Waals surface area contributed by atoms with Gasteiger partial charge in [-0.3, -0.25) is 4.79 Å². The largest absolute Gasteiger partial charge is 0.449 e. The quantitative estimate of drug-likeness (QED) is 0.592. The number of ether oxygens (including phenoxy) is 1. The fraction of sp³-hybridized carbons (Fsp3) is 0.296. The minimum absolute atomic E-state index is 0.226. The molecule has 0 spiro atoms. The summed E-state index contributed by atoms with van der Waals surface area (Å²) in [7, 11) is 0. The number of aryl methyl sites for hydroxylation is 1. The molecule has 1 heterocycles. The van der Waals surface area contributed by atoms with E-state index in [0.717, 1.165) is 59.0 Å². The van der Waals surface area contributed by atoms with Gasteiger partial charge in [-0.2, -0.15) is 0 Å². The second kappa shape index (κ2) is 8.23. The summed E-state index contributed by atoms with van der Waals surface area (Å²) in [6, 6.07) is 16.2. The second-order valence-corrected chi connectivity index (χ2v) is 8.74. The maximum absolute atomic E-state index is 13.3. The van der Waals surface area contributed by atoms with Crippen molar-refractivity contribution < 1.29 is 14.3 Å². The number of nitrogens with one attached hydrogen (secondary N) is 1. The van der Waals surface area contributed by atoms with Crippen molar-refractivity contribution in [2.24, 2.45) is 0 Å². The van der Waals surface area contributed by atoms with Crippen molar-refractivity contribution in [1.82, 2.24) is 10.3 Å². The first-order valence-electron chi connectivity index (χ1n) is 11.2. The van der Waals surface area contributed by atoms with E-state index in [1.807, 2.05) is 24.3 Å². The molecule has 0 aliphatic heterocycles. The van der Waals surface area contributed by atoms with Gasteiger partial charge in [0.05, 0.1) is 16.8 Å². The number of nitrogens with zero attached hydrogens (tertiary/aromatic N) is 1. The van der Waals surface area contributed by atoms with Gasteiger partial charge < -0.3 is 10.1 Å². The highest BCUT2D eigenvalue weighted by atomic mass is 16.5. The summed E-state index contributed by atoms with van der Waals surface area (Å²) in [6.45, 7) is 3.70. The first kappa shape index (κ1) is 20.4. The summed E-state index contributed by atoms with van der Waals surface area (Å²) in [4.78, 5) is 30.5. The highest BCUT2D eigenvalue weighted by Crippen LogP contribution is 2.38. The average molecular weight is 427 g/mol. The van der Waals surface area contributed by atoms with Gasteiger partial charge in [0.25, 0.3) is 5.91 Å². The summed E-state index contributed by atoms with van der Waals surface area (Å²) >= 11 is 0. The van der Waals surface area contributed by atoms with E-state index in [0.29, 0.717) is 5.56 Å². The number of carbonyl (C=O) groups is 2. The molecule has 2 aliphatic rings. The van der Waals surface area contributed by atoms with Gasteiger partial charge >= 0.3 is 5.97 Å². The third kappa shape index (κ3) is 4.03. The van der Waals surface area contributed by atoms with Gasteiger partial charge in [0.2, 0.25) is 0 Å². The molecule has 1 N–H and O–H groups in total. The van der Waals surface area contributed by atoms with Crippen molar-refractivity contribution in [3.63, 3.8) is 0 Å². The van der Waals surface area contributed by atoms with E-state index in [2.05, 4.69) is 42.6 Å². The van der Waals surface area contributed by atoms with E-state index < -0.39 is 12.1 Å². The lowest BCUT2D eigenvalue weighted by Gasteiger charge is -2.16. The number of benzene rings is 2. The number of para-hydroxylation sites is 1. The van der Waals surface area contributed by atoms with Crippen molar-refractivity contribution in [2.75, 3.05) is 0 Å². The summed E-state index contributed by atoms with van der Waals surface area (Å²) in [6.07, 6.45) is 4.82. The number of esters is 1. The minimum atomic E-state index is -0.838. The Morgan fingerprint density at radius 2 is 1.84 bits per heavy atom.